The van der Waals surface area contributed by atoms with Crippen molar-refractivity contribution in [2.45, 2.75) is 43.2 Å². The Bertz CT molecular complexity index is 731. The van der Waals surface area contributed by atoms with E-state index in [-0.39, 0.29) is 10.9 Å². The van der Waals surface area contributed by atoms with Gasteiger partial charge in [-0.05, 0) is 32.3 Å². The van der Waals surface area contributed by atoms with Crippen LogP contribution in [0.5, 0.6) is 0 Å². The number of aromatic nitrogens is 2. The van der Waals surface area contributed by atoms with Crippen molar-refractivity contribution in [1.82, 2.24) is 14.5 Å². The van der Waals surface area contributed by atoms with Crippen molar-refractivity contribution in [2.75, 3.05) is 0 Å². The minimum Gasteiger partial charge on any atom is -0.269 e. The Hall–Kier alpha value is -1.66. The molecule has 0 spiro atoms. The number of nitrogens with zero attached hydrogens (tertiary/aromatic N) is 2. The highest BCUT2D eigenvalue weighted by atomic mass is 32.2. The summed E-state index contributed by atoms with van der Waals surface area (Å²) in [5.41, 5.74) is 0.574. The molecule has 1 aromatic heterocycles. The summed E-state index contributed by atoms with van der Waals surface area (Å²) in [6.07, 6.45) is 4.64. The minimum absolute atomic E-state index is 0.137. The van der Waals surface area contributed by atoms with E-state index in [0.717, 1.165) is 18.4 Å². The van der Waals surface area contributed by atoms with Crippen LogP contribution < -0.4 is 4.72 Å². The first-order valence-electron chi connectivity index (χ1n) is 7.07. The minimum atomic E-state index is -3.55. The van der Waals surface area contributed by atoms with Crippen LogP contribution in [0.4, 0.5) is 0 Å². The van der Waals surface area contributed by atoms with Gasteiger partial charge in [0.2, 0.25) is 10.0 Å². The molecule has 1 aliphatic carbocycles. The Morgan fingerprint density at radius 3 is 2.43 bits per heavy atom. The molecule has 0 radical (unpaired) electrons. The van der Waals surface area contributed by atoms with Crippen LogP contribution in [0.3, 0.4) is 0 Å². The van der Waals surface area contributed by atoms with Crippen molar-refractivity contribution < 1.29 is 8.42 Å². The van der Waals surface area contributed by atoms with Gasteiger partial charge in [0.1, 0.15) is 4.90 Å². The summed E-state index contributed by atoms with van der Waals surface area (Å²) in [4.78, 5) is 0.221. The first-order chi connectivity index (χ1) is 9.93. The van der Waals surface area contributed by atoms with Crippen LogP contribution in [-0.4, -0.2) is 18.2 Å². The first kappa shape index (κ1) is 14.3. The monoisotopic (exact) mass is 305 g/mol. The number of rotatable bonds is 5. The number of benzene rings is 1. The molecule has 6 heteroatoms. The summed E-state index contributed by atoms with van der Waals surface area (Å²) in [7, 11) is -3.55. The van der Waals surface area contributed by atoms with Gasteiger partial charge in [-0.25, -0.2) is 13.1 Å². The van der Waals surface area contributed by atoms with E-state index in [9.17, 15) is 8.42 Å². The molecule has 2 aromatic rings. The fourth-order valence-corrected chi connectivity index (χ4v) is 3.78. The van der Waals surface area contributed by atoms with Crippen LogP contribution in [0.15, 0.2) is 47.6 Å². The molecule has 1 saturated carbocycles. The molecule has 5 nitrogen and oxygen atoms in total. The van der Waals surface area contributed by atoms with E-state index < -0.39 is 15.6 Å². The summed E-state index contributed by atoms with van der Waals surface area (Å²) in [5.74, 6) is 0. The number of sulfonamides is 1. The lowest BCUT2D eigenvalue weighted by Gasteiger charge is -2.17. The number of hydrogen-bond donors (Lipinski definition) is 1. The molecule has 0 bridgehead atoms. The number of hydrogen-bond acceptors (Lipinski definition) is 3. The quantitative estimate of drug-likeness (QED) is 0.922. The molecule has 0 atom stereocenters. The molecule has 21 heavy (non-hydrogen) atoms. The fraction of sp³-hybridized carbons (Fsp3) is 0.400. The van der Waals surface area contributed by atoms with E-state index in [2.05, 4.69) is 9.82 Å². The maximum absolute atomic E-state index is 12.5. The van der Waals surface area contributed by atoms with Gasteiger partial charge in [-0.3, -0.25) is 4.68 Å². The van der Waals surface area contributed by atoms with Gasteiger partial charge < -0.3 is 0 Å². The predicted molar refractivity (Wildman–Crippen MR) is 80.3 cm³/mol. The standard InChI is InChI=1S/C15H19N3O2S/c1-12(2)18-11-14(10-16-18)21(19,20)17-15(8-9-15)13-6-4-3-5-7-13/h3-7,10-12,17H,8-9H2,1-2H3. The second-order valence-electron chi connectivity index (χ2n) is 5.80. The Labute approximate surface area is 125 Å². The van der Waals surface area contributed by atoms with Crippen molar-refractivity contribution in [1.29, 1.82) is 0 Å². The van der Waals surface area contributed by atoms with Gasteiger partial charge in [0.25, 0.3) is 0 Å². The van der Waals surface area contributed by atoms with E-state index >= 15 is 0 Å². The topological polar surface area (TPSA) is 64.0 Å². The lowest BCUT2D eigenvalue weighted by atomic mass is 10.1. The molecule has 0 aliphatic heterocycles. The SMILES string of the molecule is CC(C)n1cc(S(=O)(=O)NC2(c3ccccc3)CC2)cn1. The van der Waals surface area contributed by atoms with E-state index in [1.807, 2.05) is 44.2 Å². The second kappa shape index (κ2) is 4.96. The van der Waals surface area contributed by atoms with E-state index in [1.165, 1.54) is 6.20 Å². The molecule has 1 aromatic carbocycles. The zero-order valence-electron chi connectivity index (χ0n) is 12.2. The molecule has 1 aliphatic rings. The predicted octanol–water partition coefficient (Wildman–Crippen LogP) is 2.43. The maximum atomic E-state index is 12.5. The molecule has 1 heterocycles. The lowest BCUT2D eigenvalue weighted by Crippen LogP contribution is -2.34. The molecule has 3 rings (SSSR count). The van der Waals surface area contributed by atoms with Crippen LogP contribution in [-0.2, 0) is 15.6 Å². The average molecular weight is 305 g/mol. The molecule has 1 N–H and O–H groups in total. The fourth-order valence-electron chi connectivity index (χ4n) is 2.39. The molecular weight excluding hydrogens is 286 g/mol. The third-order valence-electron chi connectivity index (χ3n) is 3.82. The van der Waals surface area contributed by atoms with Crippen LogP contribution in [0.1, 0.15) is 38.3 Å². The summed E-state index contributed by atoms with van der Waals surface area (Å²) in [6.45, 7) is 3.92. The zero-order chi connectivity index (χ0) is 15.1. The van der Waals surface area contributed by atoms with Crippen LogP contribution in [0.25, 0.3) is 0 Å². The van der Waals surface area contributed by atoms with Gasteiger partial charge >= 0.3 is 0 Å². The highest BCUT2D eigenvalue weighted by molar-refractivity contribution is 7.89. The Morgan fingerprint density at radius 2 is 1.90 bits per heavy atom. The highest BCUT2D eigenvalue weighted by Gasteiger charge is 2.47. The zero-order valence-corrected chi connectivity index (χ0v) is 13.0. The van der Waals surface area contributed by atoms with Crippen LogP contribution in [0, 0.1) is 0 Å². The van der Waals surface area contributed by atoms with Crippen LogP contribution >= 0.6 is 0 Å². The summed E-state index contributed by atoms with van der Waals surface area (Å²) in [6, 6.07) is 9.86. The van der Waals surface area contributed by atoms with Gasteiger partial charge in [0.15, 0.2) is 0 Å². The van der Waals surface area contributed by atoms with Gasteiger partial charge in [0, 0.05) is 12.2 Å². The number of nitrogens with one attached hydrogen (secondary N) is 1. The van der Waals surface area contributed by atoms with Crippen molar-refractivity contribution >= 4 is 10.0 Å². The third kappa shape index (κ3) is 2.73. The first-order valence-corrected chi connectivity index (χ1v) is 8.55. The van der Waals surface area contributed by atoms with Crippen molar-refractivity contribution in [3.8, 4) is 0 Å². The Balaban J connectivity index is 1.86. The molecule has 1 fully saturated rings. The van der Waals surface area contributed by atoms with Crippen molar-refractivity contribution in [2.24, 2.45) is 0 Å². The maximum Gasteiger partial charge on any atom is 0.244 e. The Kier molecular flexibility index (Phi) is 3.37. The average Bonchev–Trinajstić information content (AvgIpc) is 3.04. The van der Waals surface area contributed by atoms with Crippen molar-refractivity contribution in [3.05, 3.63) is 48.3 Å². The molecule has 0 saturated heterocycles. The summed E-state index contributed by atoms with van der Waals surface area (Å²) in [5, 5.41) is 4.10. The van der Waals surface area contributed by atoms with E-state index in [0.29, 0.717) is 0 Å². The molecular formula is C15H19N3O2S. The van der Waals surface area contributed by atoms with E-state index in [1.54, 1.807) is 10.9 Å². The molecule has 0 unspecified atom stereocenters. The van der Waals surface area contributed by atoms with Gasteiger partial charge in [-0.15, -0.1) is 0 Å². The van der Waals surface area contributed by atoms with E-state index in [4.69, 9.17) is 0 Å². The van der Waals surface area contributed by atoms with Crippen molar-refractivity contribution in [3.63, 3.8) is 0 Å². The largest absolute Gasteiger partial charge is 0.269 e. The van der Waals surface area contributed by atoms with Gasteiger partial charge in [-0.2, -0.15) is 5.10 Å². The lowest BCUT2D eigenvalue weighted by molar-refractivity contribution is 0.530. The molecule has 0 amide bonds. The summed E-state index contributed by atoms with van der Waals surface area (Å²) >= 11 is 0. The molecule has 112 valence electrons. The summed E-state index contributed by atoms with van der Waals surface area (Å²) < 4.78 is 29.6. The highest BCUT2D eigenvalue weighted by Crippen LogP contribution is 2.46. The van der Waals surface area contributed by atoms with Gasteiger partial charge in [-0.1, -0.05) is 30.3 Å². The Morgan fingerprint density at radius 1 is 1.24 bits per heavy atom. The normalized spacial score (nSPS) is 17.1. The van der Waals surface area contributed by atoms with Gasteiger partial charge in [0.05, 0.1) is 11.7 Å². The smallest absolute Gasteiger partial charge is 0.244 e. The van der Waals surface area contributed by atoms with Crippen LogP contribution in [0.2, 0.25) is 0 Å². The second-order valence-corrected chi connectivity index (χ2v) is 7.49. The third-order valence-corrected chi connectivity index (χ3v) is 5.31.